The summed E-state index contributed by atoms with van der Waals surface area (Å²) >= 11 is 1.01. The highest BCUT2D eigenvalue weighted by molar-refractivity contribution is 7.09. The van der Waals surface area contributed by atoms with E-state index in [2.05, 4.69) is 30.4 Å². The van der Waals surface area contributed by atoms with Crippen LogP contribution >= 0.6 is 11.3 Å². The number of amides is 1. The molecule has 1 aliphatic heterocycles. The van der Waals surface area contributed by atoms with E-state index in [1.165, 1.54) is 0 Å². The third-order valence-electron chi connectivity index (χ3n) is 4.16. The molecule has 0 aliphatic carbocycles. The van der Waals surface area contributed by atoms with E-state index in [9.17, 15) is 18.0 Å². The quantitative estimate of drug-likeness (QED) is 0.538. The molecule has 0 aromatic carbocycles. The van der Waals surface area contributed by atoms with Gasteiger partial charge < -0.3 is 15.5 Å². The normalized spacial score (nSPS) is 16.5. The molecule has 1 saturated heterocycles. The monoisotopic (exact) mass is 420 g/mol. The van der Waals surface area contributed by atoms with Gasteiger partial charge in [-0.05, 0) is 13.8 Å². The molecule has 2 rings (SSSR count). The van der Waals surface area contributed by atoms with E-state index in [-0.39, 0.29) is 11.9 Å². The molecule has 0 saturated carbocycles. The van der Waals surface area contributed by atoms with Crippen molar-refractivity contribution in [2.75, 3.05) is 46.3 Å². The van der Waals surface area contributed by atoms with Crippen LogP contribution in [0.1, 0.15) is 24.5 Å². The minimum atomic E-state index is -4.40. The maximum Gasteiger partial charge on any atom is 0.434 e. The van der Waals surface area contributed by atoms with Gasteiger partial charge in [-0.15, -0.1) is 11.3 Å². The molecule has 11 heteroatoms. The van der Waals surface area contributed by atoms with Crippen molar-refractivity contribution in [3.63, 3.8) is 0 Å². The SMILES string of the molecule is CN=C(NCCc1nc(C(F)(F)F)cs1)N1CCN(CC(=O)NC(C)C)CC1. The van der Waals surface area contributed by atoms with Crippen molar-refractivity contribution < 1.29 is 18.0 Å². The van der Waals surface area contributed by atoms with E-state index in [0.717, 1.165) is 42.9 Å². The zero-order valence-electron chi connectivity index (χ0n) is 16.3. The molecule has 0 bridgehead atoms. The maximum absolute atomic E-state index is 12.6. The van der Waals surface area contributed by atoms with Gasteiger partial charge in [-0.2, -0.15) is 13.2 Å². The zero-order valence-corrected chi connectivity index (χ0v) is 17.2. The van der Waals surface area contributed by atoms with Crippen LogP contribution in [0.15, 0.2) is 10.4 Å². The van der Waals surface area contributed by atoms with E-state index in [1.54, 1.807) is 7.05 Å². The molecule has 0 spiro atoms. The van der Waals surface area contributed by atoms with E-state index < -0.39 is 11.9 Å². The van der Waals surface area contributed by atoms with Crippen LogP contribution in [0.4, 0.5) is 13.2 Å². The molecule has 0 radical (unpaired) electrons. The summed E-state index contributed by atoms with van der Waals surface area (Å²) in [5, 5.41) is 7.55. The number of halogens is 3. The van der Waals surface area contributed by atoms with Crippen LogP contribution in [-0.2, 0) is 17.4 Å². The number of hydrogen-bond donors (Lipinski definition) is 2. The molecule has 158 valence electrons. The first-order valence-electron chi connectivity index (χ1n) is 9.18. The van der Waals surface area contributed by atoms with Crippen LogP contribution in [0.2, 0.25) is 0 Å². The third kappa shape index (κ3) is 6.93. The van der Waals surface area contributed by atoms with Crippen LogP contribution < -0.4 is 10.6 Å². The summed E-state index contributed by atoms with van der Waals surface area (Å²) in [6.07, 6.45) is -4.00. The maximum atomic E-state index is 12.6. The molecule has 0 unspecified atom stereocenters. The Bertz CT molecular complexity index is 668. The summed E-state index contributed by atoms with van der Waals surface area (Å²) < 4.78 is 37.8. The Kier molecular flexibility index (Phi) is 8.05. The lowest BCUT2D eigenvalue weighted by molar-refractivity contribution is -0.140. The summed E-state index contributed by atoms with van der Waals surface area (Å²) in [4.78, 5) is 23.9. The number of hydrogen-bond acceptors (Lipinski definition) is 5. The molecule has 1 aliphatic rings. The van der Waals surface area contributed by atoms with Gasteiger partial charge in [0.05, 0.1) is 11.6 Å². The van der Waals surface area contributed by atoms with Gasteiger partial charge in [0.1, 0.15) is 0 Å². The fourth-order valence-corrected chi connectivity index (χ4v) is 3.66. The Morgan fingerprint density at radius 1 is 1.32 bits per heavy atom. The van der Waals surface area contributed by atoms with Crippen molar-refractivity contribution >= 4 is 23.2 Å². The molecule has 2 N–H and O–H groups in total. The van der Waals surface area contributed by atoms with E-state index >= 15 is 0 Å². The topological polar surface area (TPSA) is 72.9 Å². The number of aromatic nitrogens is 1. The van der Waals surface area contributed by atoms with Gasteiger partial charge in [-0.25, -0.2) is 4.98 Å². The minimum Gasteiger partial charge on any atom is -0.356 e. The number of thiazole rings is 1. The van der Waals surface area contributed by atoms with Crippen LogP contribution in [0, 0.1) is 0 Å². The van der Waals surface area contributed by atoms with Crippen molar-refractivity contribution in [3.05, 3.63) is 16.1 Å². The smallest absolute Gasteiger partial charge is 0.356 e. The highest BCUT2D eigenvalue weighted by Gasteiger charge is 2.33. The number of guanidine groups is 1. The molecular formula is C17H27F3N6OS. The average Bonchev–Trinajstić information content (AvgIpc) is 3.08. The van der Waals surface area contributed by atoms with Crippen molar-refractivity contribution in [2.45, 2.75) is 32.5 Å². The zero-order chi connectivity index (χ0) is 20.7. The van der Waals surface area contributed by atoms with Gasteiger partial charge in [0.2, 0.25) is 5.91 Å². The molecule has 2 heterocycles. The van der Waals surface area contributed by atoms with Crippen LogP contribution in [0.5, 0.6) is 0 Å². The number of carbonyl (C=O) groups excluding carboxylic acids is 1. The summed E-state index contributed by atoms with van der Waals surface area (Å²) in [6, 6.07) is 0.127. The summed E-state index contributed by atoms with van der Waals surface area (Å²) in [5.74, 6) is 0.728. The Balaban J connectivity index is 1.74. The number of carbonyl (C=O) groups is 1. The molecule has 0 atom stereocenters. The Morgan fingerprint density at radius 3 is 2.54 bits per heavy atom. The predicted octanol–water partition coefficient (Wildman–Crippen LogP) is 1.42. The minimum absolute atomic E-state index is 0.0210. The fourth-order valence-electron chi connectivity index (χ4n) is 2.86. The second-order valence-corrected chi connectivity index (χ2v) is 7.78. The second kappa shape index (κ2) is 10.1. The number of nitrogens with zero attached hydrogens (tertiary/aromatic N) is 4. The van der Waals surface area contributed by atoms with Gasteiger partial charge in [0.15, 0.2) is 11.7 Å². The van der Waals surface area contributed by atoms with Gasteiger partial charge in [-0.3, -0.25) is 14.7 Å². The Hall–Kier alpha value is -1.88. The molecular weight excluding hydrogens is 393 g/mol. The van der Waals surface area contributed by atoms with Crippen LogP contribution in [-0.4, -0.2) is 79.0 Å². The second-order valence-electron chi connectivity index (χ2n) is 6.83. The number of piperazine rings is 1. The highest BCUT2D eigenvalue weighted by Crippen LogP contribution is 2.29. The summed E-state index contributed by atoms with van der Waals surface area (Å²) in [6.45, 7) is 7.63. The molecule has 1 fully saturated rings. The first-order chi connectivity index (χ1) is 13.2. The highest BCUT2D eigenvalue weighted by atomic mass is 32.1. The largest absolute Gasteiger partial charge is 0.434 e. The first-order valence-corrected chi connectivity index (χ1v) is 10.1. The van der Waals surface area contributed by atoms with Crippen LogP contribution in [0.3, 0.4) is 0 Å². The lowest BCUT2D eigenvalue weighted by Crippen LogP contribution is -2.54. The lowest BCUT2D eigenvalue weighted by Gasteiger charge is -2.36. The number of nitrogens with one attached hydrogen (secondary N) is 2. The van der Waals surface area contributed by atoms with E-state index in [0.29, 0.717) is 30.5 Å². The molecule has 28 heavy (non-hydrogen) atoms. The van der Waals surface area contributed by atoms with E-state index in [4.69, 9.17) is 0 Å². The molecule has 1 aromatic rings. The average molecular weight is 421 g/mol. The van der Waals surface area contributed by atoms with Crippen molar-refractivity contribution in [3.8, 4) is 0 Å². The molecule has 1 amide bonds. The standard InChI is InChI=1S/C17H27F3N6OS/c1-12(2)23-14(27)10-25-6-8-26(9-7-25)16(21-3)22-5-4-15-24-13(11-28-15)17(18,19)20/h11-12H,4-10H2,1-3H3,(H,21,22)(H,23,27). The number of rotatable bonds is 6. The fraction of sp³-hybridized carbons (Fsp3) is 0.706. The van der Waals surface area contributed by atoms with Gasteiger partial charge in [-0.1, -0.05) is 0 Å². The Morgan fingerprint density at radius 2 is 2.00 bits per heavy atom. The van der Waals surface area contributed by atoms with Gasteiger partial charge >= 0.3 is 6.18 Å². The molecule has 7 nitrogen and oxygen atoms in total. The first kappa shape index (κ1) is 22.4. The molecule has 1 aromatic heterocycles. The van der Waals surface area contributed by atoms with Crippen molar-refractivity contribution in [1.29, 1.82) is 0 Å². The van der Waals surface area contributed by atoms with Crippen molar-refractivity contribution in [1.82, 2.24) is 25.4 Å². The predicted molar refractivity (Wildman–Crippen MR) is 103 cm³/mol. The van der Waals surface area contributed by atoms with E-state index in [1.807, 2.05) is 13.8 Å². The Labute approximate surface area is 167 Å². The summed E-state index contributed by atoms with van der Waals surface area (Å²) in [7, 11) is 1.68. The van der Waals surface area contributed by atoms with Crippen LogP contribution in [0.25, 0.3) is 0 Å². The lowest BCUT2D eigenvalue weighted by atomic mass is 10.3. The van der Waals surface area contributed by atoms with Crippen molar-refractivity contribution in [2.24, 2.45) is 4.99 Å². The summed E-state index contributed by atoms with van der Waals surface area (Å²) in [5.41, 5.74) is -0.838. The number of aliphatic imine (C=N–C) groups is 1. The van der Waals surface area contributed by atoms with Gasteiger partial charge in [0.25, 0.3) is 0 Å². The number of alkyl halides is 3. The third-order valence-corrected chi connectivity index (χ3v) is 5.07. The van der Waals surface area contributed by atoms with Gasteiger partial charge in [0, 0.05) is 57.6 Å².